The summed E-state index contributed by atoms with van der Waals surface area (Å²) in [6.45, 7) is 0.995. The van der Waals surface area contributed by atoms with Crippen molar-refractivity contribution in [1.82, 2.24) is 14.9 Å². The number of hydrogen-bond acceptors (Lipinski definition) is 4. The van der Waals surface area contributed by atoms with E-state index in [1.54, 1.807) is 16.7 Å². The Morgan fingerprint density at radius 2 is 2.12 bits per heavy atom. The molecule has 1 amide bonds. The molecule has 1 aromatic carbocycles. The molecule has 0 fully saturated rings. The maximum Gasteiger partial charge on any atom is 0.255 e. The van der Waals surface area contributed by atoms with E-state index in [1.807, 2.05) is 0 Å². The minimum Gasteiger partial charge on any atom is -0.337 e. The van der Waals surface area contributed by atoms with Crippen molar-refractivity contribution in [3.63, 3.8) is 0 Å². The van der Waals surface area contributed by atoms with Gasteiger partial charge in [-0.25, -0.2) is 4.98 Å². The third-order valence-corrected chi connectivity index (χ3v) is 5.77. The quantitative estimate of drug-likeness (QED) is 0.867. The van der Waals surface area contributed by atoms with Crippen LogP contribution < -0.4 is 5.56 Å². The number of aryl methyl sites for hydroxylation is 2. The number of nitrogens with one attached hydrogen (secondary N) is 1. The van der Waals surface area contributed by atoms with E-state index in [9.17, 15) is 9.59 Å². The van der Waals surface area contributed by atoms with Gasteiger partial charge < -0.3 is 9.88 Å². The molecule has 1 aliphatic heterocycles. The highest BCUT2D eigenvalue weighted by Gasteiger charge is 2.23. The molecule has 0 spiro atoms. The molecule has 5 nitrogen and oxygen atoms in total. The van der Waals surface area contributed by atoms with Crippen LogP contribution in [-0.4, -0.2) is 33.1 Å². The Kier molecular flexibility index (Phi) is 4.14. The summed E-state index contributed by atoms with van der Waals surface area (Å²) in [7, 11) is 0. The predicted octanol–water partition coefficient (Wildman–Crippen LogP) is 1.94. The first kappa shape index (κ1) is 15.4. The molecule has 4 rings (SSSR count). The zero-order chi connectivity index (χ0) is 16.5. The zero-order valence-electron chi connectivity index (χ0n) is 13.4. The molecule has 0 saturated heterocycles. The monoisotopic (exact) mass is 341 g/mol. The zero-order valence-corrected chi connectivity index (χ0v) is 14.2. The number of rotatable bonds is 3. The molecule has 1 aliphatic carbocycles. The summed E-state index contributed by atoms with van der Waals surface area (Å²) in [6, 6.07) is 6.53. The molecule has 1 aromatic heterocycles. The second-order valence-corrected chi connectivity index (χ2v) is 7.34. The van der Waals surface area contributed by atoms with Crippen molar-refractivity contribution in [2.45, 2.75) is 37.1 Å². The van der Waals surface area contributed by atoms with Crippen LogP contribution in [0.5, 0.6) is 0 Å². The van der Waals surface area contributed by atoms with Gasteiger partial charge in [0.05, 0.1) is 29.9 Å². The van der Waals surface area contributed by atoms with E-state index in [0.29, 0.717) is 30.8 Å². The highest BCUT2D eigenvalue weighted by molar-refractivity contribution is 8.00. The van der Waals surface area contributed by atoms with Crippen LogP contribution in [0.4, 0.5) is 0 Å². The number of carbonyl (C=O) groups is 1. The summed E-state index contributed by atoms with van der Waals surface area (Å²) < 4.78 is 0. The van der Waals surface area contributed by atoms with Crippen molar-refractivity contribution in [3.8, 4) is 0 Å². The van der Waals surface area contributed by atoms with E-state index in [4.69, 9.17) is 0 Å². The molecular formula is C18H19N3O2S. The molecule has 1 N–H and O–H groups in total. The lowest BCUT2D eigenvalue weighted by Gasteiger charge is -2.27. The smallest absolute Gasteiger partial charge is 0.255 e. The number of hydrogen-bond donors (Lipinski definition) is 1. The van der Waals surface area contributed by atoms with Crippen molar-refractivity contribution < 1.29 is 4.79 Å². The number of aromatic amines is 1. The number of amides is 1. The molecule has 2 aromatic rings. The summed E-state index contributed by atoms with van der Waals surface area (Å²) in [5, 5.41) is 0. The van der Waals surface area contributed by atoms with E-state index in [-0.39, 0.29) is 11.5 Å². The predicted molar refractivity (Wildman–Crippen MR) is 93.2 cm³/mol. The number of H-pyrrole nitrogens is 1. The van der Waals surface area contributed by atoms with Gasteiger partial charge in [0.15, 0.2) is 0 Å². The van der Waals surface area contributed by atoms with Gasteiger partial charge >= 0.3 is 0 Å². The van der Waals surface area contributed by atoms with Gasteiger partial charge in [0.25, 0.3) is 5.56 Å². The first-order valence-corrected chi connectivity index (χ1v) is 9.27. The molecule has 2 aliphatic rings. The molecule has 124 valence electrons. The Bertz CT molecular complexity index is 846. The van der Waals surface area contributed by atoms with Crippen LogP contribution in [0.15, 0.2) is 34.2 Å². The van der Waals surface area contributed by atoms with E-state index < -0.39 is 0 Å². The first-order chi connectivity index (χ1) is 11.7. The molecule has 2 heterocycles. The Morgan fingerprint density at radius 3 is 3.04 bits per heavy atom. The third kappa shape index (κ3) is 2.98. The van der Waals surface area contributed by atoms with Crippen molar-refractivity contribution in [1.29, 1.82) is 0 Å². The number of nitrogens with zero attached hydrogens (tertiary/aromatic N) is 2. The number of aromatic nitrogens is 2. The summed E-state index contributed by atoms with van der Waals surface area (Å²) in [5.74, 6) is 0.487. The highest BCUT2D eigenvalue weighted by Crippen LogP contribution is 2.28. The molecule has 0 bridgehead atoms. The average Bonchev–Trinajstić information content (AvgIpc) is 3.07. The van der Waals surface area contributed by atoms with Gasteiger partial charge in [-0.05, 0) is 42.5 Å². The molecular weight excluding hydrogens is 322 g/mol. The fourth-order valence-electron chi connectivity index (χ4n) is 3.44. The van der Waals surface area contributed by atoms with Crippen molar-refractivity contribution >= 4 is 17.7 Å². The van der Waals surface area contributed by atoms with Crippen LogP contribution in [0, 0.1) is 0 Å². The maximum absolute atomic E-state index is 12.5. The lowest BCUT2D eigenvalue weighted by molar-refractivity contribution is -0.129. The van der Waals surface area contributed by atoms with Crippen molar-refractivity contribution in [2.75, 3.05) is 12.3 Å². The van der Waals surface area contributed by atoms with Gasteiger partial charge in [0.1, 0.15) is 0 Å². The van der Waals surface area contributed by atoms with E-state index in [1.165, 1.54) is 30.3 Å². The largest absolute Gasteiger partial charge is 0.337 e. The second-order valence-electron chi connectivity index (χ2n) is 6.29. The van der Waals surface area contributed by atoms with E-state index >= 15 is 0 Å². The topological polar surface area (TPSA) is 66.1 Å². The highest BCUT2D eigenvalue weighted by atomic mass is 32.2. The Morgan fingerprint density at radius 1 is 1.25 bits per heavy atom. The van der Waals surface area contributed by atoms with Crippen molar-refractivity contribution in [2.24, 2.45) is 0 Å². The summed E-state index contributed by atoms with van der Waals surface area (Å²) in [6.07, 6.45) is 5.64. The lowest BCUT2D eigenvalue weighted by Crippen LogP contribution is -2.40. The van der Waals surface area contributed by atoms with Gasteiger partial charge in [-0.3, -0.25) is 9.59 Å². The Labute approximate surface area is 144 Å². The first-order valence-electron chi connectivity index (χ1n) is 8.28. The standard InChI is InChI=1S/C18H19N3O2S/c22-17(10-24-14-5-4-12-2-1-3-13(12)8-14)21-7-6-16-15(9-21)18(23)20-11-19-16/h4-5,8,11H,1-3,6-7,9-10H2,(H,19,20,23). The van der Waals surface area contributed by atoms with Crippen LogP contribution in [0.2, 0.25) is 0 Å². The summed E-state index contributed by atoms with van der Waals surface area (Å²) in [5.41, 5.74) is 4.18. The number of fused-ring (bicyclic) bond motifs is 2. The minimum atomic E-state index is -0.135. The fraction of sp³-hybridized carbons (Fsp3) is 0.389. The summed E-state index contributed by atoms with van der Waals surface area (Å²) in [4.78, 5) is 34.1. The minimum absolute atomic E-state index is 0.0781. The van der Waals surface area contributed by atoms with Gasteiger partial charge in [-0.15, -0.1) is 11.8 Å². The Hall–Kier alpha value is -2.08. The van der Waals surface area contributed by atoms with Gasteiger partial charge in [0, 0.05) is 17.9 Å². The lowest BCUT2D eigenvalue weighted by atomic mass is 10.1. The third-order valence-electron chi connectivity index (χ3n) is 4.79. The molecule has 0 atom stereocenters. The molecule has 0 unspecified atom stereocenters. The summed E-state index contributed by atoms with van der Waals surface area (Å²) >= 11 is 1.58. The number of benzene rings is 1. The Balaban J connectivity index is 1.40. The molecule has 24 heavy (non-hydrogen) atoms. The van der Waals surface area contributed by atoms with Crippen LogP contribution in [0.25, 0.3) is 0 Å². The van der Waals surface area contributed by atoms with Crippen LogP contribution >= 0.6 is 11.8 Å². The van der Waals surface area contributed by atoms with Crippen LogP contribution in [0.3, 0.4) is 0 Å². The fourth-order valence-corrected chi connectivity index (χ4v) is 4.30. The average molecular weight is 341 g/mol. The van der Waals surface area contributed by atoms with Crippen LogP contribution in [-0.2, 0) is 30.6 Å². The van der Waals surface area contributed by atoms with Crippen LogP contribution in [0.1, 0.15) is 28.8 Å². The molecule has 6 heteroatoms. The number of thioether (sulfide) groups is 1. The second kappa shape index (κ2) is 6.43. The van der Waals surface area contributed by atoms with E-state index in [0.717, 1.165) is 17.0 Å². The van der Waals surface area contributed by atoms with E-state index in [2.05, 4.69) is 28.2 Å². The molecule has 0 saturated carbocycles. The van der Waals surface area contributed by atoms with Gasteiger partial charge in [0.2, 0.25) is 5.91 Å². The SMILES string of the molecule is O=C(CSc1ccc2c(c1)CCC2)N1CCc2nc[nH]c(=O)c2C1. The van der Waals surface area contributed by atoms with Gasteiger partial charge in [-0.1, -0.05) is 6.07 Å². The maximum atomic E-state index is 12.5. The van der Waals surface area contributed by atoms with Gasteiger partial charge in [-0.2, -0.15) is 0 Å². The molecule has 0 radical (unpaired) electrons. The van der Waals surface area contributed by atoms with Crippen molar-refractivity contribution in [3.05, 3.63) is 57.3 Å². The normalized spacial score (nSPS) is 15.9. The number of carbonyl (C=O) groups excluding carboxylic acids is 1.